The van der Waals surface area contributed by atoms with Crippen LogP contribution in [0.2, 0.25) is 0 Å². The lowest BCUT2D eigenvalue weighted by molar-refractivity contribution is 0.193. The molecule has 0 aliphatic heterocycles. The Kier molecular flexibility index (Phi) is 4.61. The molecule has 2 N–H and O–H groups in total. The van der Waals surface area contributed by atoms with Crippen molar-refractivity contribution in [2.45, 2.75) is 13.0 Å². The third kappa shape index (κ3) is 5.66. The molecule has 0 aromatic heterocycles. The standard InChI is InChI=1S/C6H13NO/c1-3-4-7-5-6(2)8/h3,6-8H,1,4-5H2,2H3/t6-/m1/s1. The summed E-state index contributed by atoms with van der Waals surface area (Å²) >= 11 is 0. The number of hydrogen-bond acceptors (Lipinski definition) is 2. The van der Waals surface area contributed by atoms with E-state index in [1.807, 2.05) is 0 Å². The second kappa shape index (κ2) is 4.81. The zero-order valence-corrected chi connectivity index (χ0v) is 5.22. The van der Waals surface area contributed by atoms with E-state index in [1.165, 1.54) is 0 Å². The first-order chi connectivity index (χ1) is 3.77. The highest BCUT2D eigenvalue weighted by molar-refractivity contribution is 4.69. The Morgan fingerprint density at radius 2 is 2.50 bits per heavy atom. The van der Waals surface area contributed by atoms with E-state index >= 15 is 0 Å². The molecule has 2 nitrogen and oxygen atoms in total. The van der Waals surface area contributed by atoms with Gasteiger partial charge < -0.3 is 10.4 Å². The van der Waals surface area contributed by atoms with Crippen molar-refractivity contribution in [1.29, 1.82) is 0 Å². The van der Waals surface area contributed by atoms with E-state index in [9.17, 15) is 0 Å². The summed E-state index contributed by atoms with van der Waals surface area (Å²) in [6.07, 6.45) is 1.51. The first kappa shape index (κ1) is 7.66. The van der Waals surface area contributed by atoms with Crippen molar-refractivity contribution in [1.82, 2.24) is 5.32 Å². The molecule has 0 rings (SSSR count). The Bertz CT molecular complexity index is 61.5. The average Bonchev–Trinajstić information content (AvgIpc) is 1.66. The molecule has 0 aliphatic carbocycles. The fourth-order valence-corrected chi connectivity index (χ4v) is 0.394. The zero-order chi connectivity index (χ0) is 6.41. The van der Waals surface area contributed by atoms with Gasteiger partial charge >= 0.3 is 0 Å². The van der Waals surface area contributed by atoms with Crippen molar-refractivity contribution in [2.24, 2.45) is 0 Å². The summed E-state index contributed by atoms with van der Waals surface area (Å²) in [6, 6.07) is 0. The van der Waals surface area contributed by atoms with Gasteiger partial charge in [0, 0.05) is 13.1 Å². The smallest absolute Gasteiger partial charge is 0.0636 e. The monoisotopic (exact) mass is 115 g/mol. The number of rotatable bonds is 4. The molecule has 1 atom stereocenters. The minimum atomic E-state index is -0.255. The van der Waals surface area contributed by atoms with E-state index in [0.717, 1.165) is 6.54 Å². The van der Waals surface area contributed by atoms with Gasteiger partial charge in [0.05, 0.1) is 6.10 Å². The van der Waals surface area contributed by atoms with Crippen LogP contribution in [0, 0.1) is 0 Å². The molecule has 48 valence electrons. The fraction of sp³-hybridized carbons (Fsp3) is 0.667. The lowest BCUT2D eigenvalue weighted by Crippen LogP contribution is -2.24. The van der Waals surface area contributed by atoms with E-state index in [2.05, 4.69) is 11.9 Å². The summed E-state index contributed by atoms with van der Waals surface area (Å²) < 4.78 is 0. The number of aliphatic hydroxyl groups excluding tert-OH is 1. The highest BCUT2D eigenvalue weighted by Gasteiger charge is 1.89. The van der Waals surface area contributed by atoms with Crippen LogP contribution in [0.4, 0.5) is 0 Å². The van der Waals surface area contributed by atoms with E-state index in [1.54, 1.807) is 13.0 Å². The van der Waals surface area contributed by atoms with E-state index in [4.69, 9.17) is 5.11 Å². The second-order valence-electron chi connectivity index (χ2n) is 1.80. The van der Waals surface area contributed by atoms with Crippen molar-refractivity contribution in [3.63, 3.8) is 0 Å². The van der Waals surface area contributed by atoms with Gasteiger partial charge in [-0.1, -0.05) is 6.08 Å². The summed E-state index contributed by atoms with van der Waals surface area (Å²) in [5, 5.41) is 11.6. The van der Waals surface area contributed by atoms with Gasteiger partial charge in [-0.15, -0.1) is 6.58 Å². The van der Waals surface area contributed by atoms with Crippen molar-refractivity contribution in [2.75, 3.05) is 13.1 Å². The summed E-state index contributed by atoms with van der Waals surface area (Å²) in [5.41, 5.74) is 0. The van der Waals surface area contributed by atoms with Gasteiger partial charge in [-0.2, -0.15) is 0 Å². The van der Waals surface area contributed by atoms with Gasteiger partial charge in [0.15, 0.2) is 0 Å². The molecule has 0 aromatic carbocycles. The van der Waals surface area contributed by atoms with Crippen LogP contribution in [0.1, 0.15) is 6.92 Å². The molecule has 0 saturated heterocycles. The van der Waals surface area contributed by atoms with Gasteiger partial charge in [0.2, 0.25) is 0 Å². The van der Waals surface area contributed by atoms with Gasteiger partial charge in [0.1, 0.15) is 0 Å². The maximum absolute atomic E-state index is 8.68. The van der Waals surface area contributed by atoms with Gasteiger partial charge in [-0.25, -0.2) is 0 Å². The summed E-state index contributed by atoms with van der Waals surface area (Å²) in [5.74, 6) is 0. The maximum Gasteiger partial charge on any atom is 0.0636 e. The van der Waals surface area contributed by atoms with Gasteiger partial charge in [0.25, 0.3) is 0 Å². The predicted molar refractivity (Wildman–Crippen MR) is 34.7 cm³/mol. The van der Waals surface area contributed by atoms with Crippen LogP contribution < -0.4 is 5.32 Å². The Hall–Kier alpha value is -0.340. The lowest BCUT2D eigenvalue weighted by Gasteiger charge is -2.01. The van der Waals surface area contributed by atoms with E-state index in [-0.39, 0.29) is 6.10 Å². The zero-order valence-electron chi connectivity index (χ0n) is 5.22. The Morgan fingerprint density at radius 1 is 1.88 bits per heavy atom. The SMILES string of the molecule is C=CCNC[C@@H](C)O. The van der Waals surface area contributed by atoms with Gasteiger partial charge in [-0.3, -0.25) is 0 Å². The minimum absolute atomic E-state index is 0.255. The highest BCUT2D eigenvalue weighted by Crippen LogP contribution is 1.72. The number of hydrogen-bond donors (Lipinski definition) is 2. The van der Waals surface area contributed by atoms with Crippen molar-refractivity contribution in [3.8, 4) is 0 Å². The summed E-state index contributed by atoms with van der Waals surface area (Å²) in [4.78, 5) is 0. The topological polar surface area (TPSA) is 32.3 Å². The molecule has 0 amide bonds. The number of nitrogens with one attached hydrogen (secondary N) is 1. The van der Waals surface area contributed by atoms with Crippen LogP contribution in [-0.2, 0) is 0 Å². The molecule has 0 fully saturated rings. The Balaban J connectivity index is 2.81. The van der Waals surface area contributed by atoms with Crippen LogP contribution in [0.5, 0.6) is 0 Å². The van der Waals surface area contributed by atoms with E-state index in [0.29, 0.717) is 6.54 Å². The van der Waals surface area contributed by atoms with E-state index < -0.39 is 0 Å². The largest absolute Gasteiger partial charge is 0.392 e. The molecular weight excluding hydrogens is 102 g/mol. The molecule has 2 heteroatoms. The molecule has 0 saturated carbocycles. The van der Waals surface area contributed by atoms with Crippen LogP contribution >= 0.6 is 0 Å². The van der Waals surface area contributed by atoms with Crippen LogP contribution in [0.15, 0.2) is 12.7 Å². The number of aliphatic hydroxyl groups is 1. The Morgan fingerprint density at radius 3 is 2.88 bits per heavy atom. The predicted octanol–water partition coefficient (Wildman–Crippen LogP) is 0.143. The molecule has 0 spiro atoms. The normalized spacial score (nSPS) is 13.2. The second-order valence-corrected chi connectivity index (χ2v) is 1.80. The van der Waals surface area contributed by atoms with Crippen molar-refractivity contribution >= 4 is 0 Å². The fourth-order valence-electron chi connectivity index (χ4n) is 0.394. The van der Waals surface area contributed by atoms with Crippen LogP contribution in [0.25, 0.3) is 0 Å². The van der Waals surface area contributed by atoms with Crippen molar-refractivity contribution < 1.29 is 5.11 Å². The first-order valence-corrected chi connectivity index (χ1v) is 2.77. The third-order valence-electron chi connectivity index (χ3n) is 0.728. The summed E-state index contributed by atoms with van der Waals surface area (Å²) in [7, 11) is 0. The van der Waals surface area contributed by atoms with Crippen molar-refractivity contribution in [3.05, 3.63) is 12.7 Å². The van der Waals surface area contributed by atoms with Crippen LogP contribution in [0.3, 0.4) is 0 Å². The average molecular weight is 115 g/mol. The summed E-state index contributed by atoms with van der Waals surface area (Å²) in [6.45, 7) is 6.67. The minimum Gasteiger partial charge on any atom is -0.392 e. The Labute approximate surface area is 50.2 Å². The van der Waals surface area contributed by atoms with Gasteiger partial charge in [-0.05, 0) is 6.92 Å². The highest BCUT2D eigenvalue weighted by atomic mass is 16.3. The maximum atomic E-state index is 8.68. The molecule has 0 bridgehead atoms. The molecular formula is C6H13NO. The quantitative estimate of drug-likeness (QED) is 0.403. The molecule has 0 aromatic rings. The molecule has 0 aliphatic rings. The molecule has 8 heavy (non-hydrogen) atoms. The molecule has 0 heterocycles. The molecule has 0 radical (unpaired) electrons. The lowest BCUT2D eigenvalue weighted by atomic mass is 10.4. The first-order valence-electron chi connectivity index (χ1n) is 2.77. The third-order valence-corrected chi connectivity index (χ3v) is 0.728. The van der Waals surface area contributed by atoms with Crippen LogP contribution in [-0.4, -0.2) is 24.3 Å². The molecule has 0 unspecified atom stereocenters.